The second kappa shape index (κ2) is 10.5. The maximum atomic E-state index is 14.7. The number of hydrogen-bond donors (Lipinski definition) is 1. The zero-order valence-corrected chi connectivity index (χ0v) is 22.1. The monoisotopic (exact) mass is 551 g/mol. The van der Waals surface area contributed by atoms with Gasteiger partial charge in [-0.3, -0.25) is 9.59 Å². The van der Waals surface area contributed by atoms with E-state index in [0.29, 0.717) is 44.3 Å². The van der Waals surface area contributed by atoms with Crippen LogP contribution in [-0.2, 0) is 19.8 Å². The van der Waals surface area contributed by atoms with Crippen molar-refractivity contribution >= 4 is 33.6 Å². The van der Waals surface area contributed by atoms with Crippen molar-refractivity contribution in [2.75, 3.05) is 32.7 Å². The third kappa shape index (κ3) is 5.35. The maximum absolute atomic E-state index is 14.7. The molecule has 0 spiro atoms. The van der Waals surface area contributed by atoms with E-state index < -0.39 is 34.0 Å². The molecule has 0 bridgehead atoms. The second-order valence-corrected chi connectivity index (χ2v) is 12.9. The summed E-state index contributed by atoms with van der Waals surface area (Å²) in [6.07, 6.45) is 4.06. The zero-order chi connectivity index (χ0) is 26.3. The highest BCUT2D eigenvalue weighted by atomic mass is 35.5. The number of halogens is 2. The number of piperidine rings is 1. The Kier molecular flexibility index (Phi) is 7.47. The Morgan fingerprint density at radius 2 is 1.81 bits per heavy atom. The van der Waals surface area contributed by atoms with Crippen molar-refractivity contribution in [3.05, 3.63) is 34.6 Å². The number of rotatable bonds is 7. The van der Waals surface area contributed by atoms with Gasteiger partial charge in [0.2, 0.25) is 11.8 Å². The van der Waals surface area contributed by atoms with Crippen molar-refractivity contribution in [3.8, 4) is 6.07 Å². The van der Waals surface area contributed by atoms with Crippen LogP contribution in [0.3, 0.4) is 0 Å². The van der Waals surface area contributed by atoms with Gasteiger partial charge in [-0.25, -0.2) is 4.39 Å². The lowest BCUT2D eigenvalue weighted by atomic mass is 9.97. The molecule has 3 atom stereocenters. The first-order chi connectivity index (χ1) is 17.7. The minimum Gasteiger partial charge on any atom is -0.347 e. The second-order valence-electron chi connectivity index (χ2n) is 10.5. The predicted molar refractivity (Wildman–Crippen MR) is 134 cm³/mol. The first-order valence-corrected chi connectivity index (χ1v) is 14.7. The van der Waals surface area contributed by atoms with Gasteiger partial charge in [-0.2, -0.15) is 22.3 Å². The molecule has 4 fully saturated rings. The molecular formula is C25H31ClFN5O4S. The predicted octanol–water partition coefficient (Wildman–Crippen LogP) is 2.45. The fraction of sp³-hybridized carbons (Fsp3) is 0.640. The van der Waals surface area contributed by atoms with Crippen LogP contribution in [0.15, 0.2) is 18.2 Å². The van der Waals surface area contributed by atoms with E-state index in [4.69, 9.17) is 16.9 Å². The molecule has 1 aromatic carbocycles. The SMILES string of the molecule is N#CC1CN(S(=O)(=O)N2CCC[C@H](C(=O)N3CCC[C@@H]3C(=O)N[C@@H](c3ccc(Cl)cc3F)C3CC3)C2)C1. The summed E-state index contributed by atoms with van der Waals surface area (Å²) < 4.78 is 43.2. The van der Waals surface area contributed by atoms with E-state index in [1.807, 2.05) is 0 Å². The highest BCUT2D eigenvalue weighted by molar-refractivity contribution is 7.86. The number of likely N-dealkylation sites (tertiary alicyclic amines) is 1. The quantitative estimate of drug-likeness (QED) is 0.559. The molecule has 1 aliphatic carbocycles. The van der Waals surface area contributed by atoms with Gasteiger partial charge in [-0.15, -0.1) is 0 Å². The number of carbonyl (C=O) groups excluding carboxylic acids is 2. The van der Waals surface area contributed by atoms with Crippen LogP contribution in [0.4, 0.5) is 4.39 Å². The Balaban J connectivity index is 1.25. The van der Waals surface area contributed by atoms with E-state index in [0.717, 1.165) is 12.8 Å². The van der Waals surface area contributed by atoms with E-state index in [2.05, 4.69) is 11.4 Å². The third-order valence-electron chi connectivity index (χ3n) is 7.94. The molecular weight excluding hydrogens is 521 g/mol. The standard InChI is InChI=1S/C25H31ClFN5O4S/c26-19-7-8-20(21(27)11-19)23(17-5-6-17)29-24(33)22-4-2-10-32(22)25(34)18-3-1-9-30(15-18)37(35,36)31-13-16(12-28)14-31/h7-8,11,16-18,22-23H,1-6,9-10,13-15H2,(H,29,33)/t18-,22+,23+/m0/s1. The van der Waals surface area contributed by atoms with Crippen LogP contribution < -0.4 is 5.32 Å². The third-order valence-corrected chi connectivity index (χ3v) is 10.1. The highest BCUT2D eigenvalue weighted by Crippen LogP contribution is 2.42. The Hall–Kier alpha value is -2.26. The van der Waals surface area contributed by atoms with Crippen LogP contribution in [0.1, 0.15) is 50.1 Å². The molecule has 4 aliphatic rings. The summed E-state index contributed by atoms with van der Waals surface area (Å²) in [5.41, 5.74) is 0.397. The number of amides is 2. The number of nitrogens with zero attached hydrogens (tertiary/aromatic N) is 4. The molecule has 0 aromatic heterocycles. The lowest BCUT2D eigenvalue weighted by molar-refractivity contribution is -0.142. The molecule has 3 saturated heterocycles. The summed E-state index contributed by atoms with van der Waals surface area (Å²) in [5, 5.41) is 12.3. The van der Waals surface area contributed by atoms with Gasteiger partial charge < -0.3 is 10.2 Å². The fourth-order valence-corrected chi connectivity index (χ4v) is 7.60. The van der Waals surface area contributed by atoms with Crippen LogP contribution in [-0.4, -0.2) is 72.5 Å². The summed E-state index contributed by atoms with van der Waals surface area (Å²) in [4.78, 5) is 28.5. The number of nitrogens with one attached hydrogen (secondary N) is 1. The first-order valence-electron chi connectivity index (χ1n) is 12.9. The molecule has 3 heterocycles. The summed E-state index contributed by atoms with van der Waals surface area (Å²) in [6.45, 7) is 1.19. The molecule has 12 heteroatoms. The van der Waals surface area contributed by atoms with Gasteiger partial charge in [0.15, 0.2) is 0 Å². The highest BCUT2D eigenvalue weighted by Gasteiger charge is 2.45. The van der Waals surface area contributed by atoms with E-state index in [9.17, 15) is 22.4 Å². The van der Waals surface area contributed by atoms with E-state index in [-0.39, 0.29) is 48.3 Å². The Bertz CT molecular complexity index is 1210. The van der Waals surface area contributed by atoms with Crippen molar-refractivity contribution in [1.82, 2.24) is 18.8 Å². The fourth-order valence-electron chi connectivity index (χ4n) is 5.64. The van der Waals surface area contributed by atoms with Crippen molar-refractivity contribution in [2.24, 2.45) is 17.8 Å². The van der Waals surface area contributed by atoms with Gasteiger partial charge >= 0.3 is 0 Å². The Labute approximate surface area is 221 Å². The molecule has 5 rings (SSSR count). The van der Waals surface area contributed by atoms with Crippen LogP contribution in [0.2, 0.25) is 5.02 Å². The van der Waals surface area contributed by atoms with Gasteiger partial charge in [0.1, 0.15) is 11.9 Å². The smallest absolute Gasteiger partial charge is 0.282 e. The van der Waals surface area contributed by atoms with Crippen LogP contribution >= 0.6 is 11.6 Å². The van der Waals surface area contributed by atoms with Crippen LogP contribution in [0, 0.1) is 34.9 Å². The minimum absolute atomic E-state index is 0.0699. The maximum Gasteiger partial charge on any atom is 0.282 e. The first kappa shape index (κ1) is 26.4. The molecule has 2 amide bonds. The average Bonchev–Trinajstić information content (AvgIpc) is 3.57. The molecule has 200 valence electrons. The van der Waals surface area contributed by atoms with Crippen molar-refractivity contribution in [2.45, 2.75) is 50.6 Å². The largest absolute Gasteiger partial charge is 0.347 e. The van der Waals surface area contributed by atoms with Crippen LogP contribution in [0.25, 0.3) is 0 Å². The minimum atomic E-state index is -3.72. The number of nitriles is 1. The Morgan fingerprint density at radius 1 is 1.08 bits per heavy atom. The van der Waals surface area contributed by atoms with E-state index >= 15 is 0 Å². The summed E-state index contributed by atoms with van der Waals surface area (Å²) in [7, 11) is -3.72. The topological polar surface area (TPSA) is 114 Å². The molecule has 1 N–H and O–H groups in total. The van der Waals surface area contributed by atoms with Crippen molar-refractivity contribution in [3.63, 3.8) is 0 Å². The normalized spacial score (nSPS) is 26.4. The average molecular weight is 552 g/mol. The van der Waals surface area contributed by atoms with Crippen molar-refractivity contribution in [1.29, 1.82) is 5.26 Å². The summed E-state index contributed by atoms with van der Waals surface area (Å²) in [5.74, 6) is -1.66. The van der Waals surface area contributed by atoms with Gasteiger partial charge in [-0.1, -0.05) is 17.7 Å². The van der Waals surface area contributed by atoms with Gasteiger partial charge in [-0.05, 0) is 56.6 Å². The lowest BCUT2D eigenvalue weighted by Gasteiger charge is -2.41. The molecule has 37 heavy (non-hydrogen) atoms. The molecule has 3 aliphatic heterocycles. The van der Waals surface area contributed by atoms with Gasteiger partial charge in [0.25, 0.3) is 10.2 Å². The number of carbonyl (C=O) groups is 2. The lowest BCUT2D eigenvalue weighted by Crippen LogP contribution is -2.57. The zero-order valence-electron chi connectivity index (χ0n) is 20.5. The van der Waals surface area contributed by atoms with E-state index in [1.54, 1.807) is 17.0 Å². The molecule has 9 nitrogen and oxygen atoms in total. The van der Waals surface area contributed by atoms with Gasteiger partial charge in [0, 0.05) is 43.3 Å². The van der Waals surface area contributed by atoms with Gasteiger partial charge in [0.05, 0.1) is 23.9 Å². The Morgan fingerprint density at radius 3 is 2.49 bits per heavy atom. The summed E-state index contributed by atoms with van der Waals surface area (Å²) in [6, 6.07) is 5.39. The van der Waals surface area contributed by atoms with Crippen LogP contribution in [0.5, 0.6) is 0 Å². The number of benzene rings is 1. The molecule has 0 radical (unpaired) electrons. The number of hydrogen-bond acceptors (Lipinski definition) is 5. The summed E-state index contributed by atoms with van der Waals surface area (Å²) >= 11 is 5.91. The van der Waals surface area contributed by atoms with Crippen molar-refractivity contribution < 1.29 is 22.4 Å². The van der Waals surface area contributed by atoms with E-state index in [1.165, 1.54) is 14.7 Å². The molecule has 1 saturated carbocycles. The molecule has 0 unspecified atom stereocenters. The molecule has 1 aromatic rings.